The Morgan fingerprint density at radius 1 is 0.974 bits per heavy atom. The van der Waals surface area contributed by atoms with Crippen LogP contribution in [-0.2, 0) is 4.74 Å². The van der Waals surface area contributed by atoms with Crippen molar-refractivity contribution in [3.05, 3.63) is 84.6 Å². The van der Waals surface area contributed by atoms with Gasteiger partial charge in [-0.3, -0.25) is 9.69 Å². The molecular weight excluding hydrogens is 480 g/mol. The Labute approximate surface area is 222 Å². The average Bonchev–Trinajstić information content (AvgIpc) is 2.97. The molecule has 2 N–H and O–H groups in total. The van der Waals surface area contributed by atoms with Crippen LogP contribution < -0.4 is 20.1 Å². The fourth-order valence-electron chi connectivity index (χ4n) is 4.41. The highest BCUT2D eigenvalue weighted by Crippen LogP contribution is 2.35. The minimum absolute atomic E-state index is 0.145. The number of amides is 1. The number of aromatic nitrogens is 1. The zero-order valence-electron chi connectivity index (χ0n) is 21.5. The highest BCUT2D eigenvalue weighted by molar-refractivity contribution is 6.04. The van der Waals surface area contributed by atoms with Crippen LogP contribution in [0.1, 0.15) is 16.8 Å². The van der Waals surface area contributed by atoms with E-state index in [-0.39, 0.29) is 5.91 Å². The van der Waals surface area contributed by atoms with E-state index in [0.29, 0.717) is 29.4 Å². The molecule has 1 aliphatic heterocycles. The summed E-state index contributed by atoms with van der Waals surface area (Å²) in [6.45, 7) is 5.17. The number of nitrogens with zero attached hydrogens (tertiary/aromatic N) is 2. The lowest BCUT2D eigenvalue weighted by Crippen LogP contribution is -2.37. The average molecular weight is 513 g/mol. The van der Waals surface area contributed by atoms with Gasteiger partial charge in [-0.1, -0.05) is 18.2 Å². The first kappa shape index (κ1) is 25.5. The number of methoxy groups -OCH3 is 1. The number of nitrogens with one attached hydrogen (secondary N) is 2. The fraction of sp³-hybridized carbons (Fsp3) is 0.267. The first-order valence-corrected chi connectivity index (χ1v) is 12.8. The summed E-state index contributed by atoms with van der Waals surface area (Å²) in [5, 5.41) is 8.22. The Bertz CT molecular complexity index is 1360. The van der Waals surface area contributed by atoms with Crippen LogP contribution in [0.2, 0.25) is 0 Å². The Morgan fingerprint density at radius 3 is 2.50 bits per heavy atom. The second kappa shape index (κ2) is 12.4. The van der Waals surface area contributed by atoms with Gasteiger partial charge in [0.15, 0.2) is 11.5 Å². The van der Waals surface area contributed by atoms with E-state index in [1.54, 1.807) is 25.4 Å². The maximum Gasteiger partial charge on any atom is 0.255 e. The van der Waals surface area contributed by atoms with Crippen LogP contribution in [0.5, 0.6) is 11.5 Å². The molecule has 5 rings (SSSR count). The molecule has 0 spiro atoms. The standard InChI is InChI=1S/C30H32N4O4/c1-36-27-21-26-23(20-28(27)38-17-5-14-34-15-18-37-19-16-34)12-13-31-29(26)32-24-8-10-25(11-9-24)33-30(35)22-6-3-2-4-7-22/h2-4,6-13,20-21H,5,14-19H2,1H3,(H,31,32)(H,33,35). The van der Waals surface area contributed by atoms with Crippen molar-refractivity contribution in [2.75, 3.05) is 57.2 Å². The Morgan fingerprint density at radius 2 is 1.74 bits per heavy atom. The van der Waals surface area contributed by atoms with Gasteiger partial charge in [-0.05, 0) is 66.4 Å². The van der Waals surface area contributed by atoms with Gasteiger partial charge in [0.25, 0.3) is 5.91 Å². The molecular formula is C30H32N4O4. The van der Waals surface area contributed by atoms with Crippen LogP contribution in [0.3, 0.4) is 0 Å². The molecule has 2 heterocycles. The molecule has 1 aliphatic rings. The van der Waals surface area contributed by atoms with Crippen molar-refractivity contribution >= 4 is 33.9 Å². The molecule has 1 fully saturated rings. The van der Waals surface area contributed by atoms with E-state index in [9.17, 15) is 4.79 Å². The number of carbonyl (C=O) groups is 1. The molecule has 1 amide bonds. The Hall–Kier alpha value is -4.14. The second-order valence-electron chi connectivity index (χ2n) is 9.06. The molecule has 3 aromatic carbocycles. The van der Waals surface area contributed by atoms with E-state index in [1.165, 1.54) is 0 Å². The number of carbonyl (C=O) groups excluding carboxylic acids is 1. The number of hydrogen-bond donors (Lipinski definition) is 2. The summed E-state index contributed by atoms with van der Waals surface area (Å²) in [5.41, 5.74) is 2.18. The first-order valence-electron chi connectivity index (χ1n) is 12.8. The zero-order chi connectivity index (χ0) is 26.2. The fourth-order valence-corrected chi connectivity index (χ4v) is 4.41. The molecule has 8 nitrogen and oxygen atoms in total. The summed E-state index contributed by atoms with van der Waals surface area (Å²) >= 11 is 0. The van der Waals surface area contributed by atoms with E-state index < -0.39 is 0 Å². The van der Waals surface area contributed by atoms with Crippen molar-refractivity contribution in [3.63, 3.8) is 0 Å². The number of ether oxygens (including phenoxy) is 3. The molecule has 0 bridgehead atoms. The predicted molar refractivity (Wildman–Crippen MR) is 150 cm³/mol. The maximum absolute atomic E-state index is 12.4. The number of morpholine rings is 1. The van der Waals surface area contributed by atoms with Gasteiger partial charge in [0.1, 0.15) is 5.82 Å². The monoisotopic (exact) mass is 512 g/mol. The van der Waals surface area contributed by atoms with Gasteiger partial charge < -0.3 is 24.8 Å². The smallest absolute Gasteiger partial charge is 0.255 e. The number of hydrogen-bond acceptors (Lipinski definition) is 7. The lowest BCUT2D eigenvalue weighted by Gasteiger charge is -2.26. The molecule has 0 radical (unpaired) electrons. The Balaban J connectivity index is 1.24. The minimum Gasteiger partial charge on any atom is -0.493 e. The maximum atomic E-state index is 12.4. The minimum atomic E-state index is -0.145. The number of rotatable bonds is 10. The van der Waals surface area contributed by atoms with Gasteiger partial charge >= 0.3 is 0 Å². The van der Waals surface area contributed by atoms with Crippen molar-refractivity contribution in [1.29, 1.82) is 0 Å². The number of benzene rings is 3. The summed E-state index contributed by atoms with van der Waals surface area (Å²) in [4.78, 5) is 19.4. The van der Waals surface area contributed by atoms with E-state index >= 15 is 0 Å². The summed E-state index contributed by atoms with van der Waals surface area (Å²) < 4.78 is 17.2. The lowest BCUT2D eigenvalue weighted by atomic mass is 10.1. The quantitative estimate of drug-likeness (QED) is 0.278. The van der Waals surface area contributed by atoms with E-state index in [2.05, 4.69) is 20.5 Å². The predicted octanol–water partition coefficient (Wildman–Crippen LogP) is 5.34. The van der Waals surface area contributed by atoms with Crippen LogP contribution in [0, 0.1) is 0 Å². The summed E-state index contributed by atoms with van der Waals surface area (Å²) in [6, 6.07) is 22.6. The van der Waals surface area contributed by atoms with Gasteiger partial charge in [-0.2, -0.15) is 0 Å². The third kappa shape index (κ3) is 6.40. The van der Waals surface area contributed by atoms with Crippen molar-refractivity contribution < 1.29 is 19.0 Å². The van der Waals surface area contributed by atoms with Crippen LogP contribution in [0.4, 0.5) is 17.2 Å². The van der Waals surface area contributed by atoms with Crippen LogP contribution in [-0.4, -0.2) is 62.4 Å². The highest BCUT2D eigenvalue weighted by Gasteiger charge is 2.13. The van der Waals surface area contributed by atoms with Gasteiger partial charge in [0.05, 0.1) is 26.9 Å². The summed E-state index contributed by atoms with van der Waals surface area (Å²) in [5.74, 6) is 1.95. The molecule has 38 heavy (non-hydrogen) atoms. The molecule has 8 heteroatoms. The zero-order valence-corrected chi connectivity index (χ0v) is 21.5. The van der Waals surface area contributed by atoms with Crippen LogP contribution >= 0.6 is 0 Å². The molecule has 0 saturated carbocycles. The molecule has 1 saturated heterocycles. The molecule has 0 aliphatic carbocycles. The summed E-state index contributed by atoms with van der Waals surface area (Å²) in [6.07, 6.45) is 2.71. The Kier molecular flexibility index (Phi) is 8.32. The van der Waals surface area contributed by atoms with Gasteiger partial charge in [-0.25, -0.2) is 4.98 Å². The summed E-state index contributed by atoms with van der Waals surface area (Å²) in [7, 11) is 1.65. The van der Waals surface area contributed by atoms with Crippen molar-refractivity contribution in [3.8, 4) is 11.5 Å². The molecule has 196 valence electrons. The third-order valence-electron chi connectivity index (χ3n) is 6.47. The molecule has 1 aromatic heterocycles. The number of anilines is 3. The van der Waals surface area contributed by atoms with Crippen molar-refractivity contribution in [2.45, 2.75) is 6.42 Å². The van der Waals surface area contributed by atoms with Gasteiger partial charge in [0, 0.05) is 48.2 Å². The number of fused-ring (bicyclic) bond motifs is 1. The van der Waals surface area contributed by atoms with E-state index in [1.807, 2.05) is 60.7 Å². The largest absolute Gasteiger partial charge is 0.493 e. The molecule has 4 aromatic rings. The SMILES string of the molecule is COc1cc2c(Nc3ccc(NC(=O)c4ccccc4)cc3)nccc2cc1OCCCN1CCOCC1. The third-order valence-corrected chi connectivity index (χ3v) is 6.47. The topological polar surface area (TPSA) is 85.0 Å². The first-order chi connectivity index (χ1) is 18.7. The lowest BCUT2D eigenvalue weighted by molar-refractivity contribution is 0.0357. The van der Waals surface area contributed by atoms with Crippen molar-refractivity contribution in [1.82, 2.24) is 9.88 Å². The van der Waals surface area contributed by atoms with E-state index in [4.69, 9.17) is 14.2 Å². The highest BCUT2D eigenvalue weighted by atomic mass is 16.5. The second-order valence-corrected chi connectivity index (χ2v) is 9.06. The number of pyridine rings is 1. The van der Waals surface area contributed by atoms with Crippen molar-refractivity contribution in [2.24, 2.45) is 0 Å². The van der Waals surface area contributed by atoms with Crippen LogP contribution in [0.15, 0.2) is 79.0 Å². The molecule has 0 atom stereocenters. The van der Waals surface area contributed by atoms with E-state index in [0.717, 1.165) is 61.5 Å². The normalized spacial score (nSPS) is 13.7. The van der Waals surface area contributed by atoms with Gasteiger partial charge in [-0.15, -0.1) is 0 Å². The van der Waals surface area contributed by atoms with Gasteiger partial charge in [0.2, 0.25) is 0 Å². The molecule has 0 unspecified atom stereocenters. The van der Waals surface area contributed by atoms with Crippen LogP contribution in [0.25, 0.3) is 10.8 Å².